The molecule has 0 aliphatic rings. The van der Waals surface area contributed by atoms with Crippen molar-refractivity contribution in [2.45, 2.75) is 20.4 Å². The minimum Gasteiger partial charge on any atom is -0.324 e. The lowest BCUT2D eigenvalue weighted by molar-refractivity contribution is 0.811. The maximum Gasteiger partial charge on any atom is 0.265 e. The topological polar surface area (TPSA) is 68.0 Å². The van der Waals surface area contributed by atoms with Gasteiger partial charge in [0.2, 0.25) is 0 Å². The Balaban J connectivity index is 1.67. The number of para-hydroxylation sites is 1. The van der Waals surface area contributed by atoms with Crippen molar-refractivity contribution in [3.8, 4) is 0 Å². The molecule has 25 heavy (non-hydrogen) atoms. The Morgan fingerprint density at radius 1 is 1.08 bits per heavy atom. The van der Waals surface area contributed by atoms with E-state index in [0.29, 0.717) is 5.95 Å². The van der Waals surface area contributed by atoms with Crippen LogP contribution in [0.5, 0.6) is 0 Å². The molecule has 0 aliphatic carbocycles. The van der Waals surface area contributed by atoms with E-state index in [0.717, 1.165) is 34.2 Å². The second-order valence-electron chi connectivity index (χ2n) is 5.85. The fourth-order valence-corrected chi connectivity index (χ4v) is 2.89. The lowest BCUT2D eigenvalue weighted by Crippen LogP contribution is -2.02. The molecular weight excluding hydrogens is 312 g/mol. The highest BCUT2D eigenvalue weighted by Gasteiger charge is 2.13. The van der Waals surface area contributed by atoms with Crippen molar-refractivity contribution < 1.29 is 0 Å². The molecule has 2 aromatic heterocycles. The first-order valence-corrected chi connectivity index (χ1v) is 8.23. The first kappa shape index (κ1) is 15.3. The van der Waals surface area contributed by atoms with Crippen LogP contribution in [0, 0.1) is 6.92 Å². The first-order valence-electron chi connectivity index (χ1n) is 8.23. The van der Waals surface area contributed by atoms with Crippen LogP contribution in [0.1, 0.15) is 18.1 Å². The van der Waals surface area contributed by atoms with Crippen LogP contribution < -0.4 is 5.43 Å². The Hall–Kier alpha value is -3.28. The maximum atomic E-state index is 4.59. The Kier molecular flexibility index (Phi) is 3.85. The Labute approximate surface area is 145 Å². The number of anilines is 1. The molecule has 0 saturated heterocycles. The van der Waals surface area contributed by atoms with Gasteiger partial charge in [-0.2, -0.15) is 10.1 Å². The third-order valence-electron chi connectivity index (χ3n) is 4.15. The number of hydrogen-bond donors (Lipinski definition) is 1. The number of nitrogens with one attached hydrogen (secondary N) is 1. The van der Waals surface area contributed by atoms with Gasteiger partial charge in [-0.3, -0.25) is 0 Å². The molecule has 4 rings (SSSR count). The highest BCUT2D eigenvalue weighted by Crippen LogP contribution is 2.25. The minimum atomic E-state index is 0.383. The van der Waals surface area contributed by atoms with Gasteiger partial charge in [0.1, 0.15) is 5.52 Å². The monoisotopic (exact) mass is 330 g/mol. The molecule has 0 spiro atoms. The molecular formula is C19H18N6. The molecule has 4 aromatic rings. The zero-order chi connectivity index (χ0) is 17.2. The number of rotatable bonds is 4. The van der Waals surface area contributed by atoms with Gasteiger partial charge in [-0.05, 0) is 25.5 Å². The van der Waals surface area contributed by atoms with Crippen LogP contribution in [0.25, 0.3) is 22.1 Å². The fraction of sp³-hybridized carbons (Fsp3) is 0.158. The van der Waals surface area contributed by atoms with Crippen LogP contribution >= 0.6 is 0 Å². The molecule has 2 aromatic carbocycles. The molecule has 2 heterocycles. The standard InChI is InChI=1S/C19H18N6/c1-3-25-16-7-5-4-6-15(16)17-18(25)21-19(24-22-17)23-20-12-14-10-8-13(2)9-11-14/h4-12H,3H2,1-2H3,(H,21,23,24)/b20-12+. The quantitative estimate of drug-likeness (QED) is 0.457. The van der Waals surface area contributed by atoms with Crippen LogP contribution in [-0.4, -0.2) is 26.0 Å². The lowest BCUT2D eigenvalue weighted by Gasteiger charge is -2.02. The summed E-state index contributed by atoms with van der Waals surface area (Å²) >= 11 is 0. The summed E-state index contributed by atoms with van der Waals surface area (Å²) in [5.74, 6) is 0.383. The summed E-state index contributed by atoms with van der Waals surface area (Å²) in [6.07, 6.45) is 1.74. The fourth-order valence-electron chi connectivity index (χ4n) is 2.89. The number of hydrogen-bond acceptors (Lipinski definition) is 5. The number of aryl methyl sites for hydroxylation is 2. The van der Waals surface area contributed by atoms with E-state index in [4.69, 9.17) is 0 Å². The van der Waals surface area contributed by atoms with Gasteiger partial charge >= 0.3 is 0 Å². The van der Waals surface area contributed by atoms with Gasteiger partial charge in [0.25, 0.3) is 5.95 Å². The van der Waals surface area contributed by atoms with Crippen LogP contribution in [-0.2, 0) is 6.54 Å². The zero-order valence-electron chi connectivity index (χ0n) is 14.1. The molecule has 6 nitrogen and oxygen atoms in total. The summed E-state index contributed by atoms with van der Waals surface area (Å²) in [6, 6.07) is 16.3. The molecule has 1 N–H and O–H groups in total. The molecule has 0 atom stereocenters. The molecule has 0 radical (unpaired) electrons. The summed E-state index contributed by atoms with van der Waals surface area (Å²) in [5.41, 5.74) is 7.83. The average Bonchev–Trinajstić information content (AvgIpc) is 2.96. The van der Waals surface area contributed by atoms with E-state index in [1.165, 1.54) is 5.56 Å². The average molecular weight is 330 g/mol. The molecule has 0 saturated carbocycles. The predicted octanol–water partition coefficient (Wildman–Crippen LogP) is 3.75. The highest BCUT2D eigenvalue weighted by atomic mass is 15.4. The second-order valence-corrected chi connectivity index (χ2v) is 5.85. The highest BCUT2D eigenvalue weighted by molar-refractivity contribution is 6.04. The Bertz CT molecular complexity index is 1060. The summed E-state index contributed by atoms with van der Waals surface area (Å²) in [4.78, 5) is 4.59. The zero-order valence-corrected chi connectivity index (χ0v) is 14.1. The summed E-state index contributed by atoms with van der Waals surface area (Å²) in [5, 5.41) is 13.8. The maximum absolute atomic E-state index is 4.59. The molecule has 6 heteroatoms. The third-order valence-corrected chi connectivity index (χ3v) is 4.15. The van der Waals surface area contributed by atoms with Crippen molar-refractivity contribution in [3.63, 3.8) is 0 Å². The van der Waals surface area contributed by atoms with E-state index < -0.39 is 0 Å². The van der Waals surface area contributed by atoms with Crippen molar-refractivity contribution in [1.82, 2.24) is 19.7 Å². The molecule has 0 unspecified atom stereocenters. The normalized spacial score (nSPS) is 11.6. The number of hydrazone groups is 1. The van der Waals surface area contributed by atoms with Crippen LogP contribution in [0.4, 0.5) is 5.95 Å². The smallest absolute Gasteiger partial charge is 0.265 e. The van der Waals surface area contributed by atoms with Crippen LogP contribution in [0.15, 0.2) is 53.6 Å². The Morgan fingerprint density at radius 2 is 1.88 bits per heavy atom. The van der Waals surface area contributed by atoms with Gasteiger partial charge in [0.15, 0.2) is 5.65 Å². The van der Waals surface area contributed by atoms with E-state index in [9.17, 15) is 0 Å². The van der Waals surface area contributed by atoms with Crippen molar-refractivity contribution >= 4 is 34.2 Å². The van der Waals surface area contributed by atoms with Crippen molar-refractivity contribution in [3.05, 3.63) is 59.7 Å². The van der Waals surface area contributed by atoms with Crippen molar-refractivity contribution in [2.75, 3.05) is 5.43 Å². The second kappa shape index (κ2) is 6.32. The minimum absolute atomic E-state index is 0.383. The van der Waals surface area contributed by atoms with E-state index in [1.54, 1.807) is 6.21 Å². The van der Waals surface area contributed by atoms with E-state index in [-0.39, 0.29) is 0 Å². The number of aromatic nitrogens is 4. The van der Waals surface area contributed by atoms with E-state index in [2.05, 4.69) is 50.2 Å². The van der Waals surface area contributed by atoms with Crippen molar-refractivity contribution in [1.29, 1.82) is 0 Å². The van der Waals surface area contributed by atoms with Crippen LogP contribution in [0.3, 0.4) is 0 Å². The van der Waals surface area contributed by atoms with Gasteiger partial charge < -0.3 is 4.57 Å². The van der Waals surface area contributed by atoms with Gasteiger partial charge in [-0.1, -0.05) is 48.0 Å². The molecule has 0 fully saturated rings. The number of fused-ring (bicyclic) bond motifs is 3. The third kappa shape index (κ3) is 2.82. The van der Waals surface area contributed by atoms with Gasteiger partial charge in [0, 0.05) is 11.9 Å². The summed E-state index contributed by atoms with van der Waals surface area (Å²) < 4.78 is 2.13. The summed E-state index contributed by atoms with van der Waals surface area (Å²) in [6.45, 7) is 4.96. The molecule has 124 valence electrons. The predicted molar refractivity (Wildman–Crippen MR) is 101 cm³/mol. The van der Waals surface area contributed by atoms with Gasteiger partial charge in [-0.15, -0.1) is 10.2 Å². The number of nitrogens with zero attached hydrogens (tertiary/aromatic N) is 5. The molecule has 0 aliphatic heterocycles. The Morgan fingerprint density at radius 3 is 2.68 bits per heavy atom. The molecule has 0 bridgehead atoms. The lowest BCUT2D eigenvalue weighted by atomic mass is 10.2. The van der Waals surface area contributed by atoms with E-state index >= 15 is 0 Å². The molecule has 0 amide bonds. The van der Waals surface area contributed by atoms with E-state index in [1.807, 2.05) is 42.5 Å². The summed E-state index contributed by atoms with van der Waals surface area (Å²) in [7, 11) is 0. The number of benzene rings is 2. The largest absolute Gasteiger partial charge is 0.324 e. The van der Waals surface area contributed by atoms with Crippen LogP contribution in [0.2, 0.25) is 0 Å². The van der Waals surface area contributed by atoms with Gasteiger partial charge in [-0.25, -0.2) is 5.43 Å². The van der Waals surface area contributed by atoms with Crippen molar-refractivity contribution in [2.24, 2.45) is 5.10 Å². The SMILES string of the molecule is CCn1c2ccccc2c2nnc(N/N=C/c3ccc(C)cc3)nc21. The van der Waals surface area contributed by atoms with Gasteiger partial charge in [0.05, 0.1) is 11.7 Å². The first-order chi connectivity index (χ1) is 12.3.